The number of ether oxygens (including phenoxy) is 2. The van der Waals surface area contributed by atoms with Gasteiger partial charge in [0.15, 0.2) is 11.5 Å². The van der Waals surface area contributed by atoms with Crippen LogP contribution in [-0.4, -0.2) is 34.7 Å². The third-order valence-electron chi connectivity index (χ3n) is 4.80. The molecule has 7 nitrogen and oxygen atoms in total. The van der Waals surface area contributed by atoms with Crippen LogP contribution in [0.5, 0.6) is 11.5 Å². The topological polar surface area (TPSA) is 77.7 Å². The highest BCUT2D eigenvalue weighted by atomic mass is 32.2. The first-order valence-electron chi connectivity index (χ1n) is 8.98. The van der Waals surface area contributed by atoms with E-state index in [-0.39, 0.29) is 18.0 Å². The molecule has 0 spiro atoms. The number of carbonyl (C=O) groups excluding carboxylic acids is 1. The lowest BCUT2D eigenvalue weighted by molar-refractivity contribution is -0.117. The van der Waals surface area contributed by atoms with Crippen LogP contribution >= 0.6 is 11.8 Å². The van der Waals surface area contributed by atoms with Gasteiger partial charge in [0.25, 0.3) is 5.22 Å². The normalized spacial score (nSPS) is 15.5. The molecule has 0 fully saturated rings. The van der Waals surface area contributed by atoms with Crippen molar-refractivity contribution in [3.63, 3.8) is 0 Å². The second-order valence-corrected chi connectivity index (χ2v) is 7.86. The van der Waals surface area contributed by atoms with E-state index in [2.05, 4.69) is 16.3 Å². The number of hydrogen-bond acceptors (Lipinski definition) is 7. The van der Waals surface area contributed by atoms with E-state index in [4.69, 9.17) is 13.9 Å². The Balaban J connectivity index is 1.30. The van der Waals surface area contributed by atoms with E-state index in [9.17, 15) is 4.79 Å². The number of aromatic nitrogens is 2. The van der Waals surface area contributed by atoms with Crippen LogP contribution in [0.3, 0.4) is 0 Å². The average Bonchev–Trinajstić information content (AvgIpc) is 3.45. The van der Waals surface area contributed by atoms with Gasteiger partial charge in [-0.25, -0.2) is 0 Å². The predicted molar refractivity (Wildman–Crippen MR) is 104 cm³/mol. The zero-order chi connectivity index (χ0) is 19.1. The number of anilines is 1. The molecule has 28 heavy (non-hydrogen) atoms. The van der Waals surface area contributed by atoms with Crippen LogP contribution in [0, 0.1) is 0 Å². The molecule has 0 bridgehead atoms. The molecule has 3 aromatic rings. The van der Waals surface area contributed by atoms with Gasteiger partial charge in [0.2, 0.25) is 18.6 Å². The van der Waals surface area contributed by atoms with Gasteiger partial charge in [0.05, 0.1) is 5.25 Å². The third kappa shape index (κ3) is 2.99. The molecule has 0 saturated carbocycles. The maximum absolute atomic E-state index is 12.9. The summed E-state index contributed by atoms with van der Waals surface area (Å²) in [5.41, 5.74) is 2.94. The van der Waals surface area contributed by atoms with Gasteiger partial charge in [-0.2, -0.15) is 0 Å². The number of benzene rings is 2. The van der Waals surface area contributed by atoms with E-state index in [1.54, 1.807) is 6.07 Å². The molecule has 0 N–H and O–H groups in total. The van der Waals surface area contributed by atoms with E-state index < -0.39 is 0 Å². The van der Waals surface area contributed by atoms with Gasteiger partial charge in [-0.1, -0.05) is 30.0 Å². The molecule has 142 valence electrons. The molecule has 0 radical (unpaired) electrons. The highest BCUT2D eigenvalue weighted by molar-refractivity contribution is 8.00. The lowest BCUT2D eigenvalue weighted by Gasteiger charge is -2.20. The predicted octanol–water partition coefficient (Wildman–Crippen LogP) is 3.54. The maximum Gasteiger partial charge on any atom is 0.277 e. The van der Waals surface area contributed by atoms with Crippen molar-refractivity contribution in [2.24, 2.45) is 0 Å². The van der Waals surface area contributed by atoms with Crippen molar-refractivity contribution in [1.82, 2.24) is 10.2 Å². The minimum atomic E-state index is -0.337. The van der Waals surface area contributed by atoms with Crippen molar-refractivity contribution in [1.29, 1.82) is 0 Å². The molecule has 2 aliphatic rings. The molecule has 0 saturated heterocycles. The van der Waals surface area contributed by atoms with Crippen LogP contribution in [0.25, 0.3) is 11.5 Å². The molecule has 1 aromatic heterocycles. The fraction of sp³-hybridized carbons (Fsp3) is 0.250. The van der Waals surface area contributed by atoms with E-state index in [0.717, 1.165) is 17.7 Å². The molecular weight excluding hydrogens is 378 g/mol. The SMILES string of the molecule is C[C@@H](Sc1nnc(-c2ccc3c(c2)OCO3)o1)C(=O)N1CCc2ccccc21. The van der Waals surface area contributed by atoms with Crippen molar-refractivity contribution in [3.05, 3.63) is 48.0 Å². The zero-order valence-corrected chi connectivity index (χ0v) is 15.9. The summed E-state index contributed by atoms with van der Waals surface area (Å²) in [5, 5.41) is 8.21. The first-order chi connectivity index (χ1) is 13.7. The Morgan fingerprint density at radius 2 is 2.00 bits per heavy atom. The summed E-state index contributed by atoms with van der Waals surface area (Å²) in [5.74, 6) is 1.77. The Kier molecular flexibility index (Phi) is 4.20. The number of rotatable bonds is 4. The fourth-order valence-electron chi connectivity index (χ4n) is 3.39. The summed E-state index contributed by atoms with van der Waals surface area (Å²) in [4.78, 5) is 14.7. The number of thioether (sulfide) groups is 1. The highest BCUT2D eigenvalue weighted by Gasteiger charge is 2.29. The van der Waals surface area contributed by atoms with Gasteiger partial charge < -0.3 is 18.8 Å². The first-order valence-corrected chi connectivity index (χ1v) is 9.86. The number of para-hydroxylation sites is 1. The standard InChI is InChI=1S/C20H17N3O4S/c1-12(19(24)23-9-8-13-4-2-3-5-15(13)23)28-20-22-21-18(27-20)14-6-7-16-17(10-14)26-11-25-16/h2-7,10,12H,8-9,11H2,1H3/t12-/m1/s1. The monoisotopic (exact) mass is 395 g/mol. The Labute approximate surface area is 165 Å². The number of fused-ring (bicyclic) bond motifs is 2. The van der Waals surface area contributed by atoms with Crippen LogP contribution in [-0.2, 0) is 11.2 Å². The summed E-state index contributed by atoms with van der Waals surface area (Å²) >= 11 is 1.27. The summed E-state index contributed by atoms with van der Waals surface area (Å²) in [6, 6.07) is 13.5. The third-order valence-corrected chi connectivity index (χ3v) is 5.73. The lowest BCUT2D eigenvalue weighted by Crippen LogP contribution is -2.35. The van der Waals surface area contributed by atoms with E-state index in [0.29, 0.717) is 29.2 Å². The lowest BCUT2D eigenvalue weighted by atomic mass is 10.2. The summed E-state index contributed by atoms with van der Waals surface area (Å²) in [6.07, 6.45) is 0.883. The van der Waals surface area contributed by atoms with Crippen molar-refractivity contribution >= 4 is 23.4 Å². The van der Waals surface area contributed by atoms with Crippen LogP contribution < -0.4 is 14.4 Å². The van der Waals surface area contributed by atoms with Gasteiger partial charge >= 0.3 is 0 Å². The Bertz CT molecular complexity index is 1050. The molecule has 5 rings (SSSR count). The van der Waals surface area contributed by atoms with E-state index in [1.165, 1.54) is 17.3 Å². The molecule has 2 aromatic carbocycles. The number of carbonyl (C=O) groups is 1. The molecule has 3 heterocycles. The smallest absolute Gasteiger partial charge is 0.277 e. The van der Waals surface area contributed by atoms with E-state index >= 15 is 0 Å². The van der Waals surface area contributed by atoms with Crippen molar-refractivity contribution < 1.29 is 18.7 Å². The first kappa shape index (κ1) is 17.1. The second kappa shape index (κ2) is 6.87. The largest absolute Gasteiger partial charge is 0.454 e. The Morgan fingerprint density at radius 3 is 2.93 bits per heavy atom. The molecule has 0 unspecified atom stereocenters. The van der Waals surface area contributed by atoms with Crippen LogP contribution in [0.1, 0.15) is 12.5 Å². The molecule has 0 aliphatic carbocycles. The van der Waals surface area contributed by atoms with Gasteiger partial charge in [0.1, 0.15) is 0 Å². The fourth-order valence-corrected chi connectivity index (χ4v) is 4.14. The molecule has 1 atom stereocenters. The number of nitrogens with zero attached hydrogens (tertiary/aromatic N) is 3. The minimum absolute atomic E-state index is 0.0396. The second-order valence-electron chi connectivity index (χ2n) is 6.57. The van der Waals surface area contributed by atoms with Crippen molar-refractivity contribution in [2.45, 2.75) is 23.8 Å². The number of amides is 1. The van der Waals surface area contributed by atoms with E-state index in [1.807, 2.05) is 42.2 Å². The quantitative estimate of drug-likeness (QED) is 0.625. The van der Waals surface area contributed by atoms with Gasteiger partial charge in [-0.15, -0.1) is 10.2 Å². The van der Waals surface area contributed by atoms with Crippen molar-refractivity contribution in [3.8, 4) is 23.0 Å². The zero-order valence-electron chi connectivity index (χ0n) is 15.1. The Hall–Kier alpha value is -3.00. The molecule has 2 aliphatic heterocycles. The van der Waals surface area contributed by atoms with Crippen molar-refractivity contribution in [2.75, 3.05) is 18.2 Å². The van der Waals surface area contributed by atoms with Crippen LogP contribution in [0.4, 0.5) is 5.69 Å². The summed E-state index contributed by atoms with van der Waals surface area (Å²) in [6.45, 7) is 2.77. The average molecular weight is 395 g/mol. The summed E-state index contributed by atoms with van der Waals surface area (Å²) < 4.78 is 16.4. The molecule has 8 heteroatoms. The Morgan fingerprint density at radius 1 is 1.14 bits per heavy atom. The molecular formula is C20H17N3O4S. The maximum atomic E-state index is 12.9. The molecule has 1 amide bonds. The summed E-state index contributed by atoms with van der Waals surface area (Å²) in [7, 11) is 0. The minimum Gasteiger partial charge on any atom is -0.454 e. The van der Waals surface area contributed by atoms with Gasteiger partial charge in [0, 0.05) is 17.8 Å². The van der Waals surface area contributed by atoms with Gasteiger partial charge in [-0.05, 0) is 43.2 Å². The van der Waals surface area contributed by atoms with Gasteiger partial charge in [-0.3, -0.25) is 4.79 Å². The van der Waals surface area contributed by atoms with Crippen LogP contribution in [0.2, 0.25) is 0 Å². The van der Waals surface area contributed by atoms with Crippen LogP contribution in [0.15, 0.2) is 52.1 Å². The highest BCUT2D eigenvalue weighted by Crippen LogP contribution is 2.36. The number of hydrogen-bond donors (Lipinski definition) is 0.